The zero-order valence-electron chi connectivity index (χ0n) is 15.2. The molecule has 1 saturated heterocycles. The Labute approximate surface area is 166 Å². The van der Waals surface area contributed by atoms with Crippen LogP contribution in [0.15, 0.2) is 30.9 Å². The van der Waals surface area contributed by atoms with E-state index in [1.165, 1.54) is 17.6 Å². The van der Waals surface area contributed by atoms with Crippen molar-refractivity contribution < 1.29 is 18.0 Å². The smallest absolute Gasteiger partial charge is 0.350 e. The van der Waals surface area contributed by atoms with Crippen LogP contribution in [0, 0.1) is 6.92 Å². The fraction of sp³-hybridized carbons (Fsp3) is 0.471. The first-order valence-electron chi connectivity index (χ1n) is 8.61. The largest absolute Gasteiger partial charge is 0.405 e. The van der Waals surface area contributed by atoms with Crippen LogP contribution < -0.4 is 10.6 Å². The maximum atomic E-state index is 13.4. The molecular formula is C17H22ClF3N6O. The third kappa shape index (κ3) is 5.21. The van der Waals surface area contributed by atoms with Crippen LogP contribution in [0.2, 0.25) is 0 Å². The Morgan fingerprint density at radius 2 is 2.04 bits per heavy atom. The number of benzene rings is 1. The van der Waals surface area contributed by atoms with Crippen LogP contribution in [-0.4, -0.2) is 70.5 Å². The highest BCUT2D eigenvalue weighted by Crippen LogP contribution is 2.25. The van der Waals surface area contributed by atoms with Crippen molar-refractivity contribution >= 4 is 18.3 Å². The normalized spacial score (nSPS) is 16.3. The molecule has 0 bridgehead atoms. The molecule has 3 rings (SSSR count). The van der Waals surface area contributed by atoms with Crippen LogP contribution in [-0.2, 0) is 0 Å². The molecule has 0 spiro atoms. The van der Waals surface area contributed by atoms with Crippen molar-refractivity contribution in [1.29, 1.82) is 0 Å². The van der Waals surface area contributed by atoms with Gasteiger partial charge < -0.3 is 10.6 Å². The van der Waals surface area contributed by atoms with Gasteiger partial charge in [-0.3, -0.25) is 9.69 Å². The fourth-order valence-electron chi connectivity index (χ4n) is 3.12. The van der Waals surface area contributed by atoms with E-state index >= 15 is 0 Å². The van der Waals surface area contributed by atoms with E-state index < -0.39 is 24.7 Å². The molecule has 1 atom stereocenters. The number of carbonyl (C=O) groups is 1. The maximum absolute atomic E-state index is 13.4. The number of nitrogens with one attached hydrogen (secondary N) is 2. The highest BCUT2D eigenvalue weighted by Gasteiger charge is 2.43. The van der Waals surface area contributed by atoms with E-state index in [2.05, 4.69) is 20.7 Å². The van der Waals surface area contributed by atoms with E-state index in [-0.39, 0.29) is 12.4 Å². The summed E-state index contributed by atoms with van der Waals surface area (Å²) in [5.41, 5.74) is 1.70. The van der Waals surface area contributed by atoms with Crippen molar-refractivity contribution in [2.45, 2.75) is 19.1 Å². The van der Waals surface area contributed by atoms with Gasteiger partial charge in [-0.2, -0.15) is 18.3 Å². The topological polar surface area (TPSA) is 75.1 Å². The first kappa shape index (κ1) is 22.1. The quantitative estimate of drug-likeness (QED) is 0.771. The minimum absolute atomic E-state index is 0. The molecule has 11 heteroatoms. The van der Waals surface area contributed by atoms with E-state index in [1.807, 2.05) is 0 Å². The van der Waals surface area contributed by atoms with Gasteiger partial charge in [0.15, 0.2) is 0 Å². The molecule has 0 aliphatic carbocycles. The lowest BCUT2D eigenvalue weighted by Gasteiger charge is -2.35. The first-order valence-corrected chi connectivity index (χ1v) is 8.61. The van der Waals surface area contributed by atoms with Gasteiger partial charge in [-0.15, -0.1) is 12.4 Å². The standard InChI is InChI=1S/C17H21F3N6O.ClH/c1-12-8-13(26-11-22-10-24-26)2-3-14(12)16(27)23-9-15(17(18,19)20)25-6-4-21-5-7-25;/h2-3,8,10-11,15,21H,4-7,9H2,1H3,(H,23,27);1H. The van der Waals surface area contributed by atoms with Gasteiger partial charge in [-0.1, -0.05) is 0 Å². The van der Waals surface area contributed by atoms with Crippen LogP contribution in [0.5, 0.6) is 0 Å². The number of carbonyl (C=O) groups excluding carboxylic acids is 1. The molecule has 1 unspecified atom stereocenters. The van der Waals surface area contributed by atoms with Gasteiger partial charge in [0.05, 0.1) is 5.69 Å². The van der Waals surface area contributed by atoms with Crippen LogP contribution >= 0.6 is 12.4 Å². The summed E-state index contributed by atoms with van der Waals surface area (Å²) >= 11 is 0. The van der Waals surface area contributed by atoms with Gasteiger partial charge in [0.2, 0.25) is 0 Å². The summed E-state index contributed by atoms with van der Waals surface area (Å²) in [4.78, 5) is 17.7. The Bertz CT molecular complexity index is 778. The summed E-state index contributed by atoms with van der Waals surface area (Å²) in [6, 6.07) is 3.29. The number of hydrogen-bond donors (Lipinski definition) is 2. The van der Waals surface area contributed by atoms with E-state index in [0.717, 1.165) is 5.69 Å². The SMILES string of the molecule is Cc1cc(-n2cncn2)ccc1C(=O)NCC(N1CCNCC1)C(F)(F)F.Cl. The predicted molar refractivity (Wildman–Crippen MR) is 100.0 cm³/mol. The van der Waals surface area contributed by atoms with Crippen LogP contribution in [0.3, 0.4) is 0 Å². The van der Waals surface area contributed by atoms with Crippen molar-refractivity contribution in [1.82, 2.24) is 30.3 Å². The van der Waals surface area contributed by atoms with Gasteiger partial charge in [0.25, 0.3) is 5.91 Å². The molecule has 2 heterocycles. The van der Waals surface area contributed by atoms with Crippen molar-refractivity contribution in [3.63, 3.8) is 0 Å². The van der Waals surface area contributed by atoms with Crippen LogP contribution in [0.1, 0.15) is 15.9 Å². The van der Waals surface area contributed by atoms with Crippen molar-refractivity contribution in [3.8, 4) is 5.69 Å². The maximum Gasteiger partial charge on any atom is 0.405 e. The lowest BCUT2D eigenvalue weighted by Crippen LogP contribution is -2.57. The summed E-state index contributed by atoms with van der Waals surface area (Å²) in [7, 11) is 0. The molecule has 0 saturated carbocycles. The van der Waals surface area contributed by atoms with Gasteiger partial charge in [-0.05, 0) is 30.7 Å². The average molecular weight is 419 g/mol. The minimum atomic E-state index is -4.41. The predicted octanol–water partition coefficient (Wildman–Crippen LogP) is 1.56. The molecule has 1 aromatic carbocycles. The summed E-state index contributed by atoms with van der Waals surface area (Å²) in [5.74, 6) is -0.526. The molecular weight excluding hydrogens is 397 g/mol. The molecule has 28 heavy (non-hydrogen) atoms. The Morgan fingerprint density at radius 3 is 2.61 bits per heavy atom. The Hall–Kier alpha value is -2.17. The minimum Gasteiger partial charge on any atom is -0.350 e. The van der Waals surface area contributed by atoms with Crippen molar-refractivity contribution in [3.05, 3.63) is 42.0 Å². The summed E-state index contributed by atoms with van der Waals surface area (Å²) in [6.45, 7) is 2.85. The Balaban J connectivity index is 0.00000280. The number of aromatic nitrogens is 3. The second-order valence-electron chi connectivity index (χ2n) is 6.39. The van der Waals surface area contributed by atoms with E-state index in [4.69, 9.17) is 0 Å². The van der Waals surface area contributed by atoms with Gasteiger partial charge in [0.1, 0.15) is 18.7 Å². The highest BCUT2D eigenvalue weighted by atomic mass is 35.5. The lowest BCUT2D eigenvalue weighted by molar-refractivity contribution is -0.183. The fourth-order valence-corrected chi connectivity index (χ4v) is 3.12. The molecule has 1 aliphatic rings. The number of alkyl halides is 3. The number of nitrogens with zero attached hydrogens (tertiary/aromatic N) is 4. The van der Waals surface area contributed by atoms with Gasteiger partial charge in [-0.25, -0.2) is 9.67 Å². The summed E-state index contributed by atoms with van der Waals surface area (Å²) in [6.07, 6.45) is -1.49. The third-order valence-electron chi connectivity index (χ3n) is 4.56. The molecule has 7 nitrogen and oxygen atoms in total. The molecule has 0 radical (unpaired) electrons. The number of halogens is 4. The number of rotatable bonds is 5. The van der Waals surface area contributed by atoms with E-state index in [9.17, 15) is 18.0 Å². The summed E-state index contributed by atoms with van der Waals surface area (Å²) < 4.78 is 41.8. The monoisotopic (exact) mass is 418 g/mol. The molecule has 154 valence electrons. The van der Waals surface area contributed by atoms with Crippen molar-refractivity contribution in [2.75, 3.05) is 32.7 Å². The third-order valence-corrected chi connectivity index (χ3v) is 4.56. The first-order chi connectivity index (χ1) is 12.9. The van der Waals surface area contributed by atoms with Gasteiger partial charge in [0, 0.05) is 38.3 Å². The Kier molecular flexibility index (Phi) is 7.39. The summed E-state index contributed by atoms with van der Waals surface area (Å²) in [5, 5.41) is 9.48. The molecule has 2 aromatic rings. The van der Waals surface area contributed by atoms with Crippen LogP contribution in [0.25, 0.3) is 5.69 Å². The molecule has 2 N–H and O–H groups in total. The van der Waals surface area contributed by atoms with E-state index in [1.54, 1.807) is 29.8 Å². The van der Waals surface area contributed by atoms with E-state index in [0.29, 0.717) is 37.3 Å². The van der Waals surface area contributed by atoms with Gasteiger partial charge >= 0.3 is 6.18 Å². The highest BCUT2D eigenvalue weighted by molar-refractivity contribution is 5.95. The van der Waals surface area contributed by atoms with Crippen molar-refractivity contribution in [2.24, 2.45) is 0 Å². The zero-order chi connectivity index (χ0) is 19.4. The average Bonchev–Trinajstić information content (AvgIpc) is 3.16. The lowest BCUT2D eigenvalue weighted by atomic mass is 10.1. The molecule has 1 aromatic heterocycles. The zero-order valence-corrected chi connectivity index (χ0v) is 16.1. The molecule has 1 aliphatic heterocycles. The van der Waals surface area contributed by atoms with Crippen LogP contribution in [0.4, 0.5) is 13.2 Å². The second kappa shape index (κ2) is 9.35. The number of amides is 1. The molecule has 1 fully saturated rings. The molecule has 1 amide bonds. The number of hydrogen-bond acceptors (Lipinski definition) is 5. The second-order valence-corrected chi connectivity index (χ2v) is 6.39. The Morgan fingerprint density at radius 1 is 1.32 bits per heavy atom. The number of aryl methyl sites for hydroxylation is 1. The number of piperazine rings is 1.